The lowest BCUT2D eigenvalue weighted by molar-refractivity contribution is -0.112. The van der Waals surface area contributed by atoms with Crippen LogP contribution < -0.4 is 0 Å². The van der Waals surface area contributed by atoms with Crippen LogP contribution in [0.4, 0.5) is 13.2 Å². The van der Waals surface area contributed by atoms with Crippen molar-refractivity contribution in [2.24, 2.45) is 0 Å². The number of aromatic nitrogens is 4. The number of hydrogen-bond donors (Lipinski definition) is 1. The van der Waals surface area contributed by atoms with Crippen LogP contribution in [0.1, 0.15) is 45.6 Å². The third-order valence-corrected chi connectivity index (χ3v) is 6.09. The smallest absolute Gasteiger partial charge is 0.351 e. The molecule has 1 aliphatic heterocycles. The molecule has 3 aromatic rings. The summed E-state index contributed by atoms with van der Waals surface area (Å²) in [5.41, 5.74) is 3.72. The molecule has 0 saturated carbocycles. The van der Waals surface area contributed by atoms with Crippen molar-refractivity contribution in [3.05, 3.63) is 65.5 Å². The van der Waals surface area contributed by atoms with E-state index < -0.39 is 11.9 Å². The van der Waals surface area contributed by atoms with E-state index in [0.717, 1.165) is 35.1 Å². The molecule has 4 rings (SSSR count). The lowest BCUT2D eigenvalue weighted by Crippen LogP contribution is -2.36. The van der Waals surface area contributed by atoms with Gasteiger partial charge in [0.1, 0.15) is 5.70 Å². The molecule has 0 aliphatic carbocycles. The first-order chi connectivity index (χ1) is 16.3. The second-order valence-electron chi connectivity index (χ2n) is 8.79. The molecule has 0 unspecified atom stereocenters. The monoisotopic (exact) mass is 470 g/mol. The summed E-state index contributed by atoms with van der Waals surface area (Å²) in [4.78, 5) is 3.35. The molecule has 0 amide bonds. The van der Waals surface area contributed by atoms with Crippen LogP contribution in [-0.2, 0) is 6.54 Å². The van der Waals surface area contributed by atoms with Crippen molar-refractivity contribution >= 4 is 0 Å². The summed E-state index contributed by atoms with van der Waals surface area (Å²) >= 11 is 0. The molecule has 180 valence electrons. The number of allylic oxidation sites excluding steroid dienone is 2. The highest BCUT2D eigenvalue weighted by Crippen LogP contribution is 2.40. The molecule has 0 bridgehead atoms. The first-order valence-corrected chi connectivity index (χ1v) is 11.5. The van der Waals surface area contributed by atoms with Crippen molar-refractivity contribution in [1.29, 1.82) is 0 Å². The second-order valence-corrected chi connectivity index (χ2v) is 8.79. The molecule has 1 aliphatic rings. The first-order valence-electron chi connectivity index (χ1n) is 11.5. The van der Waals surface area contributed by atoms with Gasteiger partial charge in [0.2, 0.25) is 0 Å². The summed E-state index contributed by atoms with van der Waals surface area (Å²) in [5.74, 6) is 0.580. The zero-order valence-electron chi connectivity index (χ0n) is 19.6. The van der Waals surface area contributed by atoms with Gasteiger partial charge in [-0.15, -0.1) is 5.10 Å². The summed E-state index contributed by atoms with van der Waals surface area (Å²) in [5, 5.41) is 14.1. The van der Waals surface area contributed by atoms with Gasteiger partial charge in [0.25, 0.3) is 0 Å². The van der Waals surface area contributed by atoms with Crippen LogP contribution in [-0.4, -0.2) is 49.3 Å². The van der Waals surface area contributed by atoms with E-state index in [1.54, 1.807) is 0 Å². The fourth-order valence-corrected chi connectivity index (χ4v) is 4.39. The molecule has 6 nitrogen and oxygen atoms in total. The molecular formula is C25H29F3N6. The van der Waals surface area contributed by atoms with Crippen molar-refractivity contribution in [3.8, 4) is 22.5 Å². The fraction of sp³-hybridized carbons (Fsp3) is 0.400. The van der Waals surface area contributed by atoms with Crippen molar-refractivity contribution in [2.75, 3.05) is 6.67 Å². The van der Waals surface area contributed by atoms with Gasteiger partial charge in [-0.3, -0.25) is 0 Å². The summed E-state index contributed by atoms with van der Waals surface area (Å²) in [6.45, 7) is 6.29. The molecule has 0 fully saturated rings. The standard InChI is InChI=1S/C25H29F3N6/c1-4-5-10-22-23(25(26,27)28)34(17(2)3)16-33(22)15-18-11-13-19(14-12-18)20-8-6-7-9-21(20)24-29-31-32-30-24/h6-9,11-14,17H,4-5,10,15-16H2,1-3H3,(H,29,30,31,32). The Kier molecular flexibility index (Phi) is 6.90. The van der Waals surface area contributed by atoms with E-state index in [9.17, 15) is 13.2 Å². The Labute approximate surface area is 197 Å². The third-order valence-electron chi connectivity index (χ3n) is 6.09. The van der Waals surface area contributed by atoms with Gasteiger partial charge in [0, 0.05) is 23.8 Å². The first kappa shape index (κ1) is 23.8. The van der Waals surface area contributed by atoms with E-state index in [-0.39, 0.29) is 12.7 Å². The zero-order chi connectivity index (χ0) is 24.3. The Balaban J connectivity index is 1.61. The van der Waals surface area contributed by atoms with Gasteiger partial charge in [0.05, 0.1) is 6.67 Å². The average molecular weight is 471 g/mol. The van der Waals surface area contributed by atoms with Gasteiger partial charge in [-0.05, 0) is 53.8 Å². The normalized spacial score (nSPS) is 14.6. The summed E-state index contributed by atoms with van der Waals surface area (Å²) in [6, 6.07) is 15.5. The van der Waals surface area contributed by atoms with Gasteiger partial charge in [0.15, 0.2) is 5.82 Å². The number of hydrogen-bond acceptors (Lipinski definition) is 5. The SMILES string of the molecule is CCCCC1=C(C(F)(F)F)N(C(C)C)CN1Cc1ccc(-c2ccccc2-c2nnn[nH]2)cc1. The number of aromatic amines is 1. The Morgan fingerprint density at radius 1 is 1.03 bits per heavy atom. The predicted octanol–water partition coefficient (Wildman–Crippen LogP) is 5.98. The van der Waals surface area contributed by atoms with Crippen LogP contribution in [0, 0.1) is 0 Å². The topological polar surface area (TPSA) is 60.9 Å². The molecule has 1 N–H and O–H groups in total. The van der Waals surface area contributed by atoms with E-state index in [0.29, 0.717) is 24.5 Å². The highest BCUT2D eigenvalue weighted by Gasteiger charge is 2.46. The summed E-state index contributed by atoms with van der Waals surface area (Å²) < 4.78 is 42.0. The average Bonchev–Trinajstić information content (AvgIpc) is 3.46. The minimum Gasteiger partial charge on any atom is -0.351 e. The molecule has 0 radical (unpaired) electrons. The molecular weight excluding hydrogens is 441 g/mol. The van der Waals surface area contributed by atoms with Crippen LogP contribution in [0.2, 0.25) is 0 Å². The van der Waals surface area contributed by atoms with E-state index in [4.69, 9.17) is 0 Å². The van der Waals surface area contributed by atoms with Gasteiger partial charge < -0.3 is 9.80 Å². The highest BCUT2D eigenvalue weighted by molar-refractivity contribution is 5.80. The number of alkyl halides is 3. The van der Waals surface area contributed by atoms with Crippen LogP contribution >= 0.6 is 0 Å². The quantitative estimate of drug-likeness (QED) is 0.439. The van der Waals surface area contributed by atoms with Crippen LogP contribution in [0.5, 0.6) is 0 Å². The van der Waals surface area contributed by atoms with E-state index in [2.05, 4.69) is 20.6 Å². The van der Waals surface area contributed by atoms with Gasteiger partial charge in [-0.25, -0.2) is 5.10 Å². The number of benzene rings is 2. The number of nitrogens with zero attached hydrogens (tertiary/aromatic N) is 5. The van der Waals surface area contributed by atoms with Gasteiger partial charge in [-0.1, -0.05) is 61.9 Å². The van der Waals surface area contributed by atoms with E-state index >= 15 is 0 Å². The molecule has 0 spiro atoms. The minimum atomic E-state index is -4.37. The Morgan fingerprint density at radius 3 is 2.32 bits per heavy atom. The largest absolute Gasteiger partial charge is 0.432 e. The van der Waals surface area contributed by atoms with E-state index in [1.165, 1.54) is 4.90 Å². The molecule has 9 heteroatoms. The van der Waals surface area contributed by atoms with Crippen molar-refractivity contribution in [3.63, 3.8) is 0 Å². The van der Waals surface area contributed by atoms with Crippen molar-refractivity contribution < 1.29 is 13.2 Å². The van der Waals surface area contributed by atoms with Crippen molar-refractivity contribution in [2.45, 2.75) is 58.8 Å². The Hall–Kier alpha value is -3.36. The van der Waals surface area contributed by atoms with E-state index in [1.807, 2.05) is 74.2 Å². The fourth-order valence-electron chi connectivity index (χ4n) is 4.39. The second kappa shape index (κ2) is 9.87. The molecule has 1 aromatic heterocycles. The molecule has 34 heavy (non-hydrogen) atoms. The number of tetrazole rings is 1. The number of H-pyrrole nitrogens is 1. The Bertz CT molecular complexity index is 1120. The number of unbranched alkanes of at least 4 members (excludes halogenated alkanes) is 1. The maximum absolute atomic E-state index is 14.0. The third kappa shape index (κ3) is 4.93. The number of nitrogens with one attached hydrogen (secondary N) is 1. The van der Waals surface area contributed by atoms with Crippen LogP contribution in [0.3, 0.4) is 0 Å². The molecule has 0 atom stereocenters. The minimum absolute atomic E-state index is 0.234. The summed E-state index contributed by atoms with van der Waals surface area (Å²) in [7, 11) is 0. The van der Waals surface area contributed by atoms with Gasteiger partial charge in [-0.2, -0.15) is 13.2 Å². The van der Waals surface area contributed by atoms with Crippen molar-refractivity contribution in [1.82, 2.24) is 30.4 Å². The maximum atomic E-state index is 14.0. The number of rotatable bonds is 8. The molecule has 2 heterocycles. The predicted molar refractivity (Wildman–Crippen MR) is 125 cm³/mol. The van der Waals surface area contributed by atoms with Gasteiger partial charge >= 0.3 is 6.18 Å². The lowest BCUT2D eigenvalue weighted by Gasteiger charge is -2.28. The highest BCUT2D eigenvalue weighted by atomic mass is 19.4. The lowest BCUT2D eigenvalue weighted by atomic mass is 9.98. The molecule has 0 saturated heterocycles. The van der Waals surface area contributed by atoms with Crippen LogP contribution in [0.25, 0.3) is 22.5 Å². The summed E-state index contributed by atoms with van der Waals surface area (Å²) in [6.07, 6.45) is -2.38. The molecule has 2 aromatic carbocycles. The number of halogens is 3. The van der Waals surface area contributed by atoms with Crippen LogP contribution in [0.15, 0.2) is 59.9 Å². The maximum Gasteiger partial charge on any atom is 0.432 e. The zero-order valence-corrected chi connectivity index (χ0v) is 19.6. The Morgan fingerprint density at radius 2 is 1.74 bits per heavy atom.